The Bertz CT molecular complexity index is 524. The molecule has 1 aliphatic heterocycles. The van der Waals surface area contributed by atoms with Crippen molar-refractivity contribution in [3.63, 3.8) is 0 Å². The quantitative estimate of drug-likeness (QED) is 0.771. The summed E-state index contributed by atoms with van der Waals surface area (Å²) in [4.78, 5) is 12.1. The third-order valence-electron chi connectivity index (χ3n) is 5.26. The summed E-state index contributed by atoms with van der Waals surface area (Å²) in [6.45, 7) is 2.75. The van der Waals surface area contributed by atoms with Crippen molar-refractivity contribution in [1.82, 2.24) is 20.8 Å². The van der Waals surface area contributed by atoms with Gasteiger partial charge in [-0.2, -0.15) is 10.2 Å². The minimum absolute atomic E-state index is 0.0792. The van der Waals surface area contributed by atoms with Crippen LogP contribution in [0.3, 0.4) is 0 Å². The lowest BCUT2D eigenvalue weighted by Crippen LogP contribution is -2.43. The summed E-state index contributed by atoms with van der Waals surface area (Å²) in [5, 5.41) is 24.4. The Kier molecular flexibility index (Phi) is 4.40. The van der Waals surface area contributed by atoms with Crippen LogP contribution in [0.5, 0.6) is 0 Å². The molecule has 2 fully saturated rings. The predicted molar refractivity (Wildman–Crippen MR) is 82.3 cm³/mol. The van der Waals surface area contributed by atoms with Gasteiger partial charge >= 0.3 is 0 Å². The van der Waals surface area contributed by atoms with E-state index in [1.54, 1.807) is 6.07 Å². The van der Waals surface area contributed by atoms with Crippen molar-refractivity contribution in [2.24, 2.45) is 5.41 Å². The lowest BCUT2D eigenvalue weighted by atomic mass is 9.75. The van der Waals surface area contributed by atoms with Gasteiger partial charge in [0.15, 0.2) is 0 Å². The maximum atomic E-state index is 12.1. The molecule has 1 aromatic heterocycles. The van der Waals surface area contributed by atoms with Gasteiger partial charge in [0, 0.05) is 24.0 Å². The summed E-state index contributed by atoms with van der Waals surface area (Å²) in [6.07, 6.45) is 7.87. The van der Waals surface area contributed by atoms with Gasteiger partial charge in [0.05, 0.1) is 24.1 Å². The summed E-state index contributed by atoms with van der Waals surface area (Å²) < 4.78 is 0. The first kappa shape index (κ1) is 15.4. The fraction of sp³-hybridized carbons (Fsp3) is 0.688. The minimum Gasteiger partial charge on any atom is -0.392 e. The highest BCUT2D eigenvalue weighted by atomic mass is 16.3. The van der Waals surface area contributed by atoms with Crippen LogP contribution in [0, 0.1) is 5.41 Å². The molecule has 2 aliphatic rings. The molecule has 3 N–H and O–H groups in total. The Morgan fingerprint density at radius 1 is 1.45 bits per heavy atom. The molecule has 3 rings (SSSR count). The van der Waals surface area contributed by atoms with Gasteiger partial charge in [0.25, 0.3) is 5.91 Å². The average molecular weight is 304 g/mol. The first-order valence-corrected chi connectivity index (χ1v) is 8.08. The summed E-state index contributed by atoms with van der Waals surface area (Å²) in [6, 6.07) is 2.20. The van der Waals surface area contributed by atoms with Gasteiger partial charge in [0.2, 0.25) is 0 Å². The molecule has 0 spiro atoms. The van der Waals surface area contributed by atoms with Crippen LogP contribution in [-0.2, 0) is 0 Å². The molecule has 1 saturated carbocycles. The molecule has 0 bridgehead atoms. The number of hydrogen-bond acceptors (Lipinski definition) is 5. The van der Waals surface area contributed by atoms with Crippen molar-refractivity contribution in [3.8, 4) is 0 Å². The van der Waals surface area contributed by atoms with Crippen molar-refractivity contribution in [1.29, 1.82) is 0 Å². The summed E-state index contributed by atoms with van der Waals surface area (Å²) in [7, 11) is 0. The normalized spacial score (nSPS) is 34.7. The van der Waals surface area contributed by atoms with E-state index in [2.05, 4.69) is 27.8 Å². The van der Waals surface area contributed by atoms with Gasteiger partial charge in [-0.25, -0.2) is 0 Å². The van der Waals surface area contributed by atoms with E-state index in [0.29, 0.717) is 18.2 Å². The third kappa shape index (κ3) is 2.98. The van der Waals surface area contributed by atoms with E-state index in [4.69, 9.17) is 0 Å². The molecule has 4 atom stereocenters. The molecule has 2 heterocycles. The van der Waals surface area contributed by atoms with Gasteiger partial charge in [-0.15, -0.1) is 0 Å². The second kappa shape index (κ2) is 6.30. The monoisotopic (exact) mass is 304 g/mol. The van der Waals surface area contributed by atoms with Crippen molar-refractivity contribution >= 4 is 5.91 Å². The number of hydrogen-bond donors (Lipinski definition) is 3. The summed E-state index contributed by atoms with van der Waals surface area (Å²) in [5.74, 6) is -0.130. The van der Waals surface area contributed by atoms with E-state index in [1.165, 1.54) is 12.4 Å². The molecule has 0 radical (unpaired) electrons. The first-order chi connectivity index (χ1) is 10.6. The maximum absolute atomic E-state index is 12.1. The van der Waals surface area contributed by atoms with Crippen LogP contribution < -0.4 is 10.6 Å². The highest BCUT2D eigenvalue weighted by Crippen LogP contribution is 2.43. The SMILES string of the molecule is C[C@@]12C[C@H](CNC(=O)c3ccnnc3)N[C@@H]1CCCC[C@@H]2O. The zero-order chi connectivity index (χ0) is 15.6. The first-order valence-electron chi connectivity index (χ1n) is 8.08. The lowest BCUT2D eigenvalue weighted by Gasteiger charge is -2.33. The largest absolute Gasteiger partial charge is 0.392 e. The topological polar surface area (TPSA) is 87.1 Å². The summed E-state index contributed by atoms with van der Waals surface area (Å²) >= 11 is 0. The van der Waals surface area contributed by atoms with Gasteiger partial charge < -0.3 is 15.7 Å². The van der Waals surface area contributed by atoms with Crippen LogP contribution in [0.2, 0.25) is 0 Å². The Morgan fingerprint density at radius 3 is 3.05 bits per heavy atom. The Morgan fingerprint density at radius 2 is 2.27 bits per heavy atom. The maximum Gasteiger partial charge on any atom is 0.253 e. The van der Waals surface area contributed by atoms with Crippen LogP contribution in [0.15, 0.2) is 18.5 Å². The fourth-order valence-corrected chi connectivity index (χ4v) is 3.88. The molecular weight excluding hydrogens is 280 g/mol. The van der Waals surface area contributed by atoms with Gasteiger partial charge in [-0.3, -0.25) is 4.79 Å². The van der Waals surface area contributed by atoms with E-state index >= 15 is 0 Å². The molecule has 0 unspecified atom stereocenters. The number of amides is 1. The van der Waals surface area contributed by atoms with E-state index < -0.39 is 0 Å². The summed E-state index contributed by atoms with van der Waals surface area (Å²) in [5.41, 5.74) is 0.442. The number of carbonyl (C=O) groups excluding carboxylic acids is 1. The van der Waals surface area contributed by atoms with Crippen LogP contribution >= 0.6 is 0 Å². The van der Waals surface area contributed by atoms with Crippen molar-refractivity contribution in [2.45, 2.75) is 57.2 Å². The number of nitrogens with zero attached hydrogens (tertiary/aromatic N) is 2. The molecular formula is C16H24N4O2. The van der Waals surface area contributed by atoms with Crippen LogP contribution in [0.4, 0.5) is 0 Å². The molecule has 0 aromatic carbocycles. The number of rotatable bonds is 3. The van der Waals surface area contributed by atoms with Crippen LogP contribution in [-0.4, -0.2) is 45.9 Å². The molecule has 120 valence electrons. The van der Waals surface area contributed by atoms with Gasteiger partial charge in [-0.05, 0) is 25.3 Å². The van der Waals surface area contributed by atoms with Crippen molar-refractivity contribution in [3.05, 3.63) is 24.0 Å². The second-order valence-electron chi connectivity index (χ2n) is 6.77. The molecule has 6 heteroatoms. The predicted octanol–water partition coefficient (Wildman–Crippen LogP) is 0.878. The van der Waals surface area contributed by atoms with Crippen molar-refractivity contribution < 1.29 is 9.90 Å². The molecule has 6 nitrogen and oxygen atoms in total. The second-order valence-corrected chi connectivity index (χ2v) is 6.77. The number of aromatic nitrogens is 2. The van der Waals surface area contributed by atoms with Crippen molar-refractivity contribution in [2.75, 3.05) is 6.54 Å². The number of fused-ring (bicyclic) bond motifs is 1. The van der Waals surface area contributed by atoms with Crippen LogP contribution in [0.25, 0.3) is 0 Å². The Balaban J connectivity index is 1.58. The molecule has 1 aliphatic carbocycles. The number of aliphatic hydroxyl groups is 1. The Labute approximate surface area is 130 Å². The molecule has 1 amide bonds. The highest BCUT2D eigenvalue weighted by Gasteiger charge is 2.48. The Hall–Kier alpha value is -1.53. The van der Waals surface area contributed by atoms with E-state index in [0.717, 1.165) is 32.1 Å². The zero-order valence-electron chi connectivity index (χ0n) is 13.0. The number of nitrogens with one attached hydrogen (secondary N) is 2. The van der Waals surface area contributed by atoms with E-state index in [-0.39, 0.29) is 23.5 Å². The smallest absolute Gasteiger partial charge is 0.253 e. The lowest BCUT2D eigenvalue weighted by molar-refractivity contribution is 0.0281. The average Bonchev–Trinajstić information content (AvgIpc) is 2.80. The molecule has 1 saturated heterocycles. The third-order valence-corrected chi connectivity index (χ3v) is 5.26. The number of carbonyl (C=O) groups is 1. The van der Waals surface area contributed by atoms with E-state index in [1.807, 2.05) is 0 Å². The minimum atomic E-state index is -0.252. The fourth-order valence-electron chi connectivity index (χ4n) is 3.88. The van der Waals surface area contributed by atoms with Gasteiger partial charge in [0.1, 0.15) is 0 Å². The van der Waals surface area contributed by atoms with E-state index in [9.17, 15) is 9.90 Å². The molecule has 22 heavy (non-hydrogen) atoms. The van der Waals surface area contributed by atoms with Crippen LogP contribution in [0.1, 0.15) is 49.4 Å². The standard InChI is InChI=1S/C16H24N4O2/c1-16-8-12(20-13(16)4-2-3-5-14(16)21)10-17-15(22)11-6-7-18-19-9-11/h6-7,9,12-14,20-21H,2-5,8,10H2,1H3,(H,17,22)/t12-,13-,14+,16-/m1/s1. The van der Waals surface area contributed by atoms with Gasteiger partial charge in [-0.1, -0.05) is 19.8 Å². The molecule has 1 aromatic rings. The highest BCUT2D eigenvalue weighted by molar-refractivity contribution is 5.93. The zero-order valence-corrected chi connectivity index (χ0v) is 13.0. The number of aliphatic hydroxyl groups excluding tert-OH is 1.